The molecule has 0 aliphatic heterocycles. The first-order valence-corrected chi connectivity index (χ1v) is 9.90. The lowest BCUT2D eigenvalue weighted by Gasteiger charge is -2.14. The van der Waals surface area contributed by atoms with Crippen molar-refractivity contribution in [1.29, 1.82) is 0 Å². The monoisotopic (exact) mass is 427 g/mol. The molecule has 7 rings (SSSR count). The molecular formula is C24H23Cl2NO2. The number of benzene rings is 2. The fourth-order valence-electron chi connectivity index (χ4n) is 5.72. The van der Waals surface area contributed by atoms with Crippen molar-refractivity contribution in [1.82, 2.24) is 4.98 Å². The third-order valence-corrected chi connectivity index (χ3v) is 6.95. The summed E-state index contributed by atoms with van der Waals surface area (Å²) in [6.07, 6.45) is 2.59. The summed E-state index contributed by atoms with van der Waals surface area (Å²) in [7, 11) is 0. The number of hydrogen-bond acceptors (Lipinski definition) is 3. The fourth-order valence-corrected chi connectivity index (χ4v) is 5.72. The zero-order valence-corrected chi connectivity index (χ0v) is 17.5. The molecule has 0 spiro atoms. The van der Waals surface area contributed by atoms with Gasteiger partial charge in [0, 0.05) is 16.9 Å². The standard InChI is InChI=1S/C24H21NO2.2ClH/c26-24(22-16-11-19-20(12-16)23(19)22)15-6-9-18(10-7-15)27-13-17-8-5-14-3-1-2-4-21(14)25-17;;/h1-10,16,19-20,22-23H,11-13H2;2*1H. The smallest absolute Gasteiger partial charge is 0.166 e. The zero-order chi connectivity index (χ0) is 18.0. The van der Waals surface area contributed by atoms with Crippen LogP contribution >= 0.6 is 24.8 Å². The maximum absolute atomic E-state index is 12.9. The molecule has 5 heteroatoms. The first kappa shape index (κ1) is 20.2. The second kappa shape index (κ2) is 7.62. The first-order valence-electron chi connectivity index (χ1n) is 9.90. The van der Waals surface area contributed by atoms with E-state index in [9.17, 15) is 4.79 Å². The van der Waals surface area contributed by atoms with Gasteiger partial charge >= 0.3 is 0 Å². The predicted molar refractivity (Wildman–Crippen MR) is 118 cm³/mol. The molecule has 3 atom stereocenters. The molecule has 3 aromatic rings. The molecule has 0 saturated heterocycles. The Kier molecular flexibility index (Phi) is 5.30. The molecular weight excluding hydrogens is 405 g/mol. The van der Waals surface area contributed by atoms with E-state index < -0.39 is 0 Å². The number of halogens is 2. The minimum Gasteiger partial charge on any atom is -0.487 e. The SMILES string of the molecule is Cl.Cl.O=C(c1ccc(OCc2ccc3ccccc3n2)cc1)C1C2CC3C(C2)C31. The molecule has 0 amide bonds. The van der Waals surface area contributed by atoms with Gasteiger partial charge in [-0.05, 0) is 72.9 Å². The number of Topliss-reactive ketones (excluding diaryl/α,β-unsaturated/α-hetero) is 1. The highest BCUT2D eigenvalue weighted by Gasteiger charge is 2.69. The minimum atomic E-state index is 0. The van der Waals surface area contributed by atoms with E-state index in [0.717, 1.165) is 39.7 Å². The number of ketones is 1. The molecule has 4 fully saturated rings. The summed E-state index contributed by atoms with van der Waals surface area (Å²) in [5, 5.41) is 1.13. The van der Waals surface area contributed by atoms with Crippen molar-refractivity contribution in [2.75, 3.05) is 0 Å². The van der Waals surface area contributed by atoms with Crippen molar-refractivity contribution in [3.63, 3.8) is 0 Å². The van der Waals surface area contributed by atoms with Crippen LogP contribution in [0.1, 0.15) is 28.9 Å². The van der Waals surface area contributed by atoms with E-state index in [0.29, 0.717) is 30.1 Å². The van der Waals surface area contributed by atoms with Gasteiger partial charge in [0.2, 0.25) is 0 Å². The minimum absolute atomic E-state index is 0. The Morgan fingerprint density at radius 2 is 1.66 bits per heavy atom. The summed E-state index contributed by atoms with van der Waals surface area (Å²) in [6.45, 7) is 0.425. The van der Waals surface area contributed by atoms with Crippen LogP contribution in [-0.2, 0) is 6.61 Å². The van der Waals surface area contributed by atoms with Crippen LogP contribution in [0.15, 0.2) is 60.7 Å². The summed E-state index contributed by atoms with van der Waals surface area (Å²) in [6, 6.07) is 19.8. The Bertz CT molecular complexity index is 1040. The number of carbonyl (C=O) groups is 1. The van der Waals surface area contributed by atoms with E-state index in [1.807, 2.05) is 48.5 Å². The Balaban J connectivity index is 0.00000102. The summed E-state index contributed by atoms with van der Waals surface area (Å²) < 4.78 is 5.89. The Morgan fingerprint density at radius 1 is 0.931 bits per heavy atom. The second-order valence-corrected chi connectivity index (χ2v) is 8.33. The predicted octanol–water partition coefficient (Wildman–Crippen LogP) is 5.74. The van der Waals surface area contributed by atoms with Gasteiger partial charge in [-0.25, -0.2) is 4.98 Å². The topological polar surface area (TPSA) is 39.2 Å². The molecule has 2 aromatic carbocycles. The Morgan fingerprint density at radius 3 is 2.34 bits per heavy atom. The number of carbonyl (C=O) groups excluding carboxylic acids is 1. The van der Waals surface area contributed by atoms with Crippen LogP contribution in [0.4, 0.5) is 0 Å². The molecule has 29 heavy (non-hydrogen) atoms. The van der Waals surface area contributed by atoms with E-state index in [1.54, 1.807) is 0 Å². The maximum atomic E-state index is 12.9. The van der Waals surface area contributed by atoms with Gasteiger partial charge in [-0.2, -0.15) is 0 Å². The van der Waals surface area contributed by atoms with Gasteiger partial charge in [0.15, 0.2) is 5.78 Å². The number of para-hydroxylation sites is 1. The molecule has 0 radical (unpaired) electrons. The Labute approximate surface area is 182 Å². The highest BCUT2D eigenvalue weighted by molar-refractivity contribution is 5.99. The average molecular weight is 428 g/mol. The largest absolute Gasteiger partial charge is 0.487 e. The third kappa shape index (κ3) is 3.31. The van der Waals surface area contributed by atoms with Gasteiger partial charge in [-0.3, -0.25) is 4.79 Å². The summed E-state index contributed by atoms with van der Waals surface area (Å²) >= 11 is 0. The average Bonchev–Trinajstić information content (AvgIpc) is 3.10. The molecule has 4 aliphatic rings. The number of rotatable bonds is 5. The van der Waals surface area contributed by atoms with Gasteiger partial charge in [-0.1, -0.05) is 24.3 Å². The van der Waals surface area contributed by atoms with Crippen molar-refractivity contribution in [2.45, 2.75) is 19.4 Å². The lowest BCUT2D eigenvalue weighted by Crippen LogP contribution is -2.18. The van der Waals surface area contributed by atoms with Gasteiger partial charge in [0.1, 0.15) is 12.4 Å². The summed E-state index contributed by atoms with van der Waals surface area (Å²) in [4.78, 5) is 17.5. The molecule has 4 bridgehead atoms. The number of nitrogens with zero attached hydrogens (tertiary/aromatic N) is 1. The molecule has 0 N–H and O–H groups in total. The highest BCUT2D eigenvalue weighted by atomic mass is 35.5. The van der Waals surface area contributed by atoms with Crippen LogP contribution in [0.5, 0.6) is 5.75 Å². The van der Waals surface area contributed by atoms with E-state index in [-0.39, 0.29) is 24.8 Å². The van der Waals surface area contributed by atoms with Crippen molar-refractivity contribution >= 4 is 41.5 Å². The lowest BCUT2D eigenvalue weighted by atomic mass is 9.89. The summed E-state index contributed by atoms with van der Waals surface area (Å²) in [5.41, 5.74) is 2.72. The normalized spacial score (nSPS) is 27.8. The maximum Gasteiger partial charge on any atom is 0.166 e. The number of hydrogen-bond donors (Lipinski definition) is 0. The zero-order valence-electron chi connectivity index (χ0n) is 15.9. The Hall–Kier alpha value is -2.10. The second-order valence-electron chi connectivity index (χ2n) is 8.33. The van der Waals surface area contributed by atoms with E-state index in [1.165, 1.54) is 12.8 Å². The van der Waals surface area contributed by atoms with Gasteiger partial charge < -0.3 is 4.74 Å². The van der Waals surface area contributed by atoms with Crippen LogP contribution in [0.3, 0.4) is 0 Å². The number of fused-ring (bicyclic) bond motifs is 1. The molecule has 3 nitrogen and oxygen atoms in total. The van der Waals surface area contributed by atoms with Crippen LogP contribution < -0.4 is 4.74 Å². The van der Waals surface area contributed by atoms with Gasteiger partial charge in [-0.15, -0.1) is 24.8 Å². The van der Waals surface area contributed by atoms with Gasteiger partial charge in [0.25, 0.3) is 0 Å². The van der Waals surface area contributed by atoms with Crippen LogP contribution in [0.25, 0.3) is 10.9 Å². The number of pyridine rings is 1. The van der Waals surface area contributed by atoms with Crippen LogP contribution in [0, 0.1) is 29.6 Å². The lowest BCUT2D eigenvalue weighted by molar-refractivity contribution is 0.0892. The molecule has 1 heterocycles. The molecule has 150 valence electrons. The van der Waals surface area contributed by atoms with Crippen molar-refractivity contribution in [3.8, 4) is 5.75 Å². The quantitative estimate of drug-likeness (QED) is 0.487. The van der Waals surface area contributed by atoms with Crippen molar-refractivity contribution in [2.24, 2.45) is 29.6 Å². The number of ether oxygens (including phenoxy) is 1. The van der Waals surface area contributed by atoms with Gasteiger partial charge in [0.05, 0.1) is 11.2 Å². The number of aromatic nitrogens is 1. The fraction of sp³-hybridized carbons (Fsp3) is 0.333. The van der Waals surface area contributed by atoms with Crippen LogP contribution in [-0.4, -0.2) is 10.8 Å². The van der Waals surface area contributed by atoms with Crippen LogP contribution in [0.2, 0.25) is 0 Å². The van der Waals surface area contributed by atoms with E-state index in [4.69, 9.17) is 4.74 Å². The molecule has 1 aromatic heterocycles. The molecule has 4 saturated carbocycles. The summed E-state index contributed by atoms with van der Waals surface area (Å²) in [5.74, 6) is 4.55. The van der Waals surface area contributed by atoms with Crippen molar-refractivity contribution in [3.05, 3.63) is 71.9 Å². The first-order chi connectivity index (χ1) is 13.3. The molecule has 3 unspecified atom stereocenters. The molecule has 4 aliphatic carbocycles. The van der Waals surface area contributed by atoms with E-state index >= 15 is 0 Å². The van der Waals surface area contributed by atoms with E-state index in [2.05, 4.69) is 17.1 Å². The third-order valence-electron chi connectivity index (χ3n) is 6.95. The van der Waals surface area contributed by atoms with Crippen molar-refractivity contribution < 1.29 is 9.53 Å². The highest BCUT2D eigenvalue weighted by Crippen LogP contribution is 2.73.